The van der Waals surface area contributed by atoms with Gasteiger partial charge in [-0.2, -0.15) is 0 Å². The lowest BCUT2D eigenvalue weighted by atomic mass is 10.2. The van der Waals surface area contributed by atoms with Crippen LogP contribution in [0.25, 0.3) is 0 Å². The molecule has 4 rings (SSSR count). The summed E-state index contributed by atoms with van der Waals surface area (Å²) in [6, 6.07) is 7.14. The van der Waals surface area contributed by atoms with Gasteiger partial charge in [-0.1, -0.05) is 6.07 Å². The number of hydrogen-bond acceptors (Lipinski definition) is 8. The van der Waals surface area contributed by atoms with Crippen molar-refractivity contribution < 1.29 is 14.3 Å². The number of nitrogens with zero attached hydrogens (tertiary/aromatic N) is 3. The van der Waals surface area contributed by atoms with Crippen molar-refractivity contribution in [1.29, 1.82) is 0 Å². The number of thiazole rings is 2. The molecule has 1 saturated heterocycles. The number of benzene rings is 1. The van der Waals surface area contributed by atoms with Crippen molar-refractivity contribution in [2.45, 2.75) is 20.1 Å². The van der Waals surface area contributed by atoms with E-state index in [0.717, 1.165) is 49.2 Å². The first-order valence-corrected chi connectivity index (χ1v) is 11.1. The van der Waals surface area contributed by atoms with Gasteiger partial charge in [0.1, 0.15) is 12.4 Å². The maximum Gasteiger partial charge on any atom is 0.257 e. The molecule has 0 aliphatic carbocycles. The summed E-state index contributed by atoms with van der Waals surface area (Å²) < 4.78 is 11.1. The van der Waals surface area contributed by atoms with Gasteiger partial charge in [-0.15, -0.1) is 22.7 Å². The van der Waals surface area contributed by atoms with Gasteiger partial charge in [0.05, 0.1) is 29.6 Å². The minimum Gasteiger partial charge on any atom is -0.487 e. The van der Waals surface area contributed by atoms with Gasteiger partial charge in [0.15, 0.2) is 5.13 Å². The number of ether oxygens (including phenoxy) is 2. The van der Waals surface area contributed by atoms with Crippen molar-refractivity contribution in [3.05, 3.63) is 57.0 Å². The number of amides is 1. The van der Waals surface area contributed by atoms with Crippen LogP contribution in [-0.2, 0) is 17.9 Å². The summed E-state index contributed by atoms with van der Waals surface area (Å²) in [5.74, 6) is 0.433. The molecule has 0 unspecified atom stereocenters. The molecule has 9 heteroatoms. The van der Waals surface area contributed by atoms with Crippen LogP contribution in [0.5, 0.6) is 5.75 Å². The van der Waals surface area contributed by atoms with Crippen LogP contribution in [0.15, 0.2) is 35.0 Å². The third-order valence-electron chi connectivity index (χ3n) is 4.41. The lowest BCUT2D eigenvalue weighted by Gasteiger charge is -2.25. The maximum absolute atomic E-state index is 12.6. The summed E-state index contributed by atoms with van der Waals surface area (Å²) in [6.07, 6.45) is 0. The van der Waals surface area contributed by atoms with Crippen molar-refractivity contribution in [3.8, 4) is 5.75 Å². The molecule has 1 N–H and O–H groups in total. The highest BCUT2D eigenvalue weighted by Gasteiger charge is 2.14. The Kier molecular flexibility index (Phi) is 6.50. The van der Waals surface area contributed by atoms with E-state index in [9.17, 15) is 4.79 Å². The molecule has 2 aromatic heterocycles. The van der Waals surface area contributed by atoms with E-state index >= 15 is 0 Å². The molecule has 29 heavy (non-hydrogen) atoms. The van der Waals surface area contributed by atoms with Gasteiger partial charge in [-0.05, 0) is 25.1 Å². The van der Waals surface area contributed by atoms with Crippen LogP contribution >= 0.6 is 22.7 Å². The first kappa shape index (κ1) is 20.0. The fraction of sp³-hybridized carbons (Fsp3) is 0.350. The number of aromatic nitrogens is 2. The van der Waals surface area contributed by atoms with Gasteiger partial charge in [0, 0.05) is 36.0 Å². The molecule has 0 bridgehead atoms. The fourth-order valence-electron chi connectivity index (χ4n) is 2.95. The smallest absolute Gasteiger partial charge is 0.257 e. The van der Waals surface area contributed by atoms with Crippen LogP contribution in [0, 0.1) is 6.92 Å². The van der Waals surface area contributed by atoms with Gasteiger partial charge in [-0.25, -0.2) is 9.97 Å². The minimum atomic E-state index is -0.202. The summed E-state index contributed by atoms with van der Waals surface area (Å²) in [4.78, 5) is 23.8. The normalized spacial score (nSPS) is 14.7. The van der Waals surface area contributed by atoms with Crippen LogP contribution in [0.2, 0.25) is 0 Å². The fourth-order valence-corrected chi connectivity index (χ4v) is 4.25. The summed E-state index contributed by atoms with van der Waals surface area (Å²) in [5, 5.41) is 8.45. The predicted molar refractivity (Wildman–Crippen MR) is 114 cm³/mol. The lowest BCUT2D eigenvalue weighted by Crippen LogP contribution is -2.35. The molecule has 3 aromatic rings. The Morgan fingerprint density at radius 1 is 1.21 bits per heavy atom. The van der Waals surface area contributed by atoms with E-state index in [4.69, 9.17) is 9.47 Å². The molecule has 7 nitrogen and oxygen atoms in total. The molecule has 1 fully saturated rings. The van der Waals surface area contributed by atoms with Crippen molar-refractivity contribution in [1.82, 2.24) is 14.9 Å². The highest BCUT2D eigenvalue weighted by atomic mass is 32.1. The average Bonchev–Trinajstić information content (AvgIpc) is 3.36. The van der Waals surface area contributed by atoms with Crippen molar-refractivity contribution in [2.24, 2.45) is 0 Å². The Morgan fingerprint density at radius 3 is 2.83 bits per heavy atom. The Labute approximate surface area is 177 Å². The molecule has 3 heterocycles. The Balaban J connectivity index is 1.33. The quantitative estimate of drug-likeness (QED) is 0.618. The van der Waals surface area contributed by atoms with Crippen LogP contribution < -0.4 is 10.1 Å². The number of carbonyl (C=O) groups is 1. The summed E-state index contributed by atoms with van der Waals surface area (Å²) >= 11 is 3.03. The minimum absolute atomic E-state index is 0.202. The second kappa shape index (κ2) is 9.45. The molecule has 0 radical (unpaired) electrons. The lowest BCUT2D eigenvalue weighted by molar-refractivity contribution is 0.0337. The van der Waals surface area contributed by atoms with Crippen LogP contribution in [-0.4, -0.2) is 47.1 Å². The SMILES string of the molecule is Cc1nc(COc2cccc(C(=O)Nc3nc(CN4CCOCC4)cs3)c2)cs1. The maximum atomic E-state index is 12.6. The number of hydrogen-bond donors (Lipinski definition) is 1. The summed E-state index contributed by atoms with van der Waals surface area (Å²) in [5.41, 5.74) is 2.38. The molecular formula is C20H22N4O3S2. The second-order valence-electron chi connectivity index (χ2n) is 6.66. The molecule has 1 aromatic carbocycles. The summed E-state index contributed by atoms with van der Waals surface area (Å²) in [6.45, 7) is 6.45. The molecule has 0 atom stereocenters. The highest BCUT2D eigenvalue weighted by molar-refractivity contribution is 7.14. The number of nitrogens with one attached hydrogen (secondary N) is 1. The van der Waals surface area contributed by atoms with E-state index in [1.54, 1.807) is 23.5 Å². The topological polar surface area (TPSA) is 76.6 Å². The Bertz CT molecular complexity index is 966. The molecule has 1 amide bonds. The van der Waals surface area contributed by atoms with Gasteiger partial charge < -0.3 is 9.47 Å². The van der Waals surface area contributed by atoms with Crippen LogP contribution in [0.3, 0.4) is 0 Å². The highest BCUT2D eigenvalue weighted by Crippen LogP contribution is 2.20. The number of rotatable bonds is 7. The average molecular weight is 431 g/mol. The van der Waals surface area contributed by atoms with Gasteiger partial charge in [0.2, 0.25) is 0 Å². The zero-order valence-electron chi connectivity index (χ0n) is 16.1. The number of aryl methyl sites for hydroxylation is 1. The van der Waals surface area contributed by atoms with Gasteiger partial charge >= 0.3 is 0 Å². The van der Waals surface area contributed by atoms with Gasteiger partial charge in [0.25, 0.3) is 5.91 Å². The second-order valence-corrected chi connectivity index (χ2v) is 8.58. The van der Waals surface area contributed by atoms with Crippen LogP contribution in [0.1, 0.15) is 26.8 Å². The van der Waals surface area contributed by atoms with E-state index in [2.05, 4.69) is 20.2 Å². The molecule has 0 spiro atoms. The van der Waals surface area contributed by atoms with Crippen LogP contribution in [0.4, 0.5) is 5.13 Å². The third kappa shape index (κ3) is 5.60. The standard InChI is InChI=1S/C20H22N4O3S2/c1-14-21-17(13-28-14)11-27-18-4-2-3-15(9-18)19(25)23-20-22-16(12-29-20)10-24-5-7-26-8-6-24/h2-4,9,12-13H,5-8,10-11H2,1H3,(H,22,23,25). The number of carbonyl (C=O) groups excluding carboxylic acids is 1. The Morgan fingerprint density at radius 2 is 2.03 bits per heavy atom. The first-order valence-electron chi connectivity index (χ1n) is 9.35. The van der Waals surface area contributed by atoms with Crippen molar-refractivity contribution >= 4 is 33.7 Å². The van der Waals surface area contributed by atoms with Crippen molar-refractivity contribution in [3.63, 3.8) is 0 Å². The monoisotopic (exact) mass is 430 g/mol. The zero-order chi connectivity index (χ0) is 20.1. The van der Waals surface area contributed by atoms with E-state index in [1.807, 2.05) is 29.8 Å². The third-order valence-corrected chi connectivity index (χ3v) is 6.04. The van der Waals surface area contributed by atoms with E-state index in [0.29, 0.717) is 23.1 Å². The largest absolute Gasteiger partial charge is 0.487 e. The zero-order valence-corrected chi connectivity index (χ0v) is 17.7. The number of anilines is 1. The number of morpholine rings is 1. The molecular weight excluding hydrogens is 408 g/mol. The molecule has 0 saturated carbocycles. The van der Waals surface area contributed by atoms with E-state index in [1.165, 1.54) is 11.3 Å². The molecule has 152 valence electrons. The van der Waals surface area contributed by atoms with E-state index < -0.39 is 0 Å². The molecule has 1 aliphatic rings. The Hall–Kier alpha value is -2.33. The predicted octanol–water partition coefficient (Wildman–Crippen LogP) is 3.57. The van der Waals surface area contributed by atoms with Gasteiger partial charge in [-0.3, -0.25) is 15.0 Å². The molecule has 1 aliphatic heterocycles. The van der Waals surface area contributed by atoms with E-state index in [-0.39, 0.29) is 5.91 Å². The first-order chi connectivity index (χ1) is 14.2. The summed E-state index contributed by atoms with van der Waals surface area (Å²) in [7, 11) is 0. The van der Waals surface area contributed by atoms with Crippen molar-refractivity contribution in [2.75, 3.05) is 31.6 Å².